The Morgan fingerprint density at radius 2 is 1.89 bits per heavy atom. The van der Waals surface area contributed by atoms with Crippen LogP contribution in [0, 0.1) is 6.92 Å². The zero-order valence-electron chi connectivity index (χ0n) is 16.4. The number of likely N-dealkylation sites (tertiary alicyclic amines) is 1. The van der Waals surface area contributed by atoms with Crippen molar-refractivity contribution in [3.63, 3.8) is 0 Å². The van der Waals surface area contributed by atoms with Gasteiger partial charge in [0.05, 0.1) is 5.69 Å². The van der Waals surface area contributed by atoms with Gasteiger partial charge in [0.25, 0.3) is 0 Å². The number of hydrogen-bond donors (Lipinski definition) is 0. The van der Waals surface area contributed by atoms with Crippen molar-refractivity contribution >= 4 is 11.5 Å². The van der Waals surface area contributed by atoms with E-state index < -0.39 is 0 Å². The number of anilines is 1. The monoisotopic (exact) mass is 381 g/mol. The van der Waals surface area contributed by atoms with Crippen molar-refractivity contribution in [2.75, 3.05) is 37.6 Å². The summed E-state index contributed by atoms with van der Waals surface area (Å²) in [6.07, 6.45) is 5.60. The summed E-state index contributed by atoms with van der Waals surface area (Å²) in [6, 6.07) is 6.15. The van der Waals surface area contributed by atoms with Crippen LogP contribution in [0.3, 0.4) is 0 Å². The molecule has 2 aliphatic heterocycles. The van der Waals surface area contributed by atoms with Crippen LogP contribution < -0.4 is 4.90 Å². The van der Waals surface area contributed by atoms with Crippen molar-refractivity contribution < 1.29 is 4.52 Å². The molecule has 2 fully saturated rings. The number of hydrogen-bond acceptors (Lipinski definition) is 7. The van der Waals surface area contributed by atoms with Gasteiger partial charge in [0.15, 0.2) is 11.5 Å². The number of nitrogens with zero attached hydrogens (tertiary/aromatic N) is 7. The fourth-order valence-electron chi connectivity index (χ4n) is 4.38. The standard InChI is InChI=1S/C20H27N7O/c1-15-14-17(28-24-15)8-13-25-11-6-16(7-12-25)20-22-21-18-4-5-19(23-27(18)20)26-9-2-3-10-26/h4-5,14,16H,2-3,6-13H2,1H3. The van der Waals surface area contributed by atoms with Gasteiger partial charge < -0.3 is 14.3 Å². The Labute approximate surface area is 164 Å². The molecule has 0 radical (unpaired) electrons. The quantitative estimate of drug-likeness (QED) is 0.672. The minimum Gasteiger partial charge on any atom is -0.361 e. The number of fused-ring (bicyclic) bond motifs is 1. The van der Waals surface area contributed by atoms with Gasteiger partial charge in [0.2, 0.25) is 0 Å². The van der Waals surface area contributed by atoms with E-state index in [1.165, 1.54) is 12.8 Å². The second-order valence-electron chi connectivity index (χ2n) is 8.01. The lowest BCUT2D eigenvalue weighted by atomic mass is 9.96. The van der Waals surface area contributed by atoms with Gasteiger partial charge >= 0.3 is 0 Å². The lowest BCUT2D eigenvalue weighted by Gasteiger charge is -2.30. The summed E-state index contributed by atoms with van der Waals surface area (Å²) in [5, 5.41) is 17.7. The number of rotatable bonds is 5. The summed E-state index contributed by atoms with van der Waals surface area (Å²) in [7, 11) is 0. The normalized spacial score (nSPS) is 19.1. The summed E-state index contributed by atoms with van der Waals surface area (Å²) in [6.45, 7) is 7.30. The van der Waals surface area contributed by atoms with Crippen LogP contribution in [0.4, 0.5) is 5.82 Å². The van der Waals surface area contributed by atoms with E-state index in [4.69, 9.17) is 9.62 Å². The first-order valence-electron chi connectivity index (χ1n) is 10.4. The summed E-state index contributed by atoms with van der Waals surface area (Å²) < 4.78 is 7.30. The van der Waals surface area contributed by atoms with Crippen LogP contribution >= 0.6 is 0 Å². The summed E-state index contributed by atoms with van der Waals surface area (Å²) >= 11 is 0. The molecular formula is C20H27N7O. The lowest BCUT2D eigenvalue weighted by molar-refractivity contribution is 0.205. The smallest absolute Gasteiger partial charge is 0.178 e. The van der Waals surface area contributed by atoms with E-state index in [-0.39, 0.29) is 0 Å². The van der Waals surface area contributed by atoms with E-state index in [1.807, 2.05) is 23.6 Å². The second-order valence-corrected chi connectivity index (χ2v) is 8.01. The molecule has 2 saturated heterocycles. The van der Waals surface area contributed by atoms with E-state index in [0.717, 1.165) is 80.7 Å². The van der Waals surface area contributed by atoms with Gasteiger partial charge in [0, 0.05) is 38.0 Å². The fourth-order valence-corrected chi connectivity index (χ4v) is 4.38. The lowest BCUT2D eigenvalue weighted by Crippen LogP contribution is -2.35. The molecule has 5 rings (SSSR count). The van der Waals surface area contributed by atoms with E-state index in [9.17, 15) is 0 Å². The van der Waals surface area contributed by atoms with Crippen molar-refractivity contribution in [3.8, 4) is 0 Å². The van der Waals surface area contributed by atoms with Crippen molar-refractivity contribution in [2.24, 2.45) is 0 Å². The Morgan fingerprint density at radius 3 is 2.64 bits per heavy atom. The molecule has 3 aromatic rings. The first-order chi connectivity index (χ1) is 13.8. The summed E-state index contributed by atoms with van der Waals surface area (Å²) in [5.41, 5.74) is 1.80. The average Bonchev–Trinajstić information content (AvgIpc) is 3.47. The maximum Gasteiger partial charge on any atom is 0.178 e. The molecule has 0 saturated carbocycles. The molecule has 0 bridgehead atoms. The first-order valence-corrected chi connectivity index (χ1v) is 10.4. The van der Waals surface area contributed by atoms with Crippen molar-refractivity contribution in [1.82, 2.24) is 29.9 Å². The Kier molecular flexibility index (Phi) is 4.72. The molecule has 8 heteroatoms. The van der Waals surface area contributed by atoms with Crippen LogP contribution in [0.15, 0.2) is 22.7 Å². The third-order valence-electron chi connectivity index (χ3n) is 6.01. The van der Waals surface area contributed by atoms with Crippen molar-refractivity contribution in [1.29, 1.82) is 0 Å². The maximum absolute atomic E-state index is 5.33. The highest BCUT2D eigenvalue weighted by molar-refractivity contribution is 5.46. The number of aryl methyl sites for hydroxylation is 1. The van der Waals surface area contributed by atoms with Gasteiger partial charge in [-0.15, -0.1) is 15.3 Å². The van der Waals surface area contributed by atoms with Crippen LogP contribution in [-0.4, -0.2) is 62.6 Å². The number of piperidine rings is 1. The summed E-state index contributed by atoms with van der Waals surface area (Å²) in [4.78, 5) is 4.86. The molecule has 5 heterocycles. The largest absolute Gasteiger partial charge is 0.361 e. The van der Waals surface area contributed by atoms with Gasteiger partial charge in [0.1, 0.15) is 11.6 Å². The van der Waals surface area contributed by atoms with E-state index in [0.29, 0.717) is 5.92 Å². The van der Waals surface area contributed by atoms with E-state index in [2.05, 4.69) is 31.2 Å². The maximum atomic E-state index is 5.33. The molecule has 0 aliphatic carbocycles. The predicted molar refractivity (Wildman–Crippen MR) is 106 cm³/mol. The van der Waals surface area contributed by atoms with E-state index in [1.54, 1.807) is 0 Å². The zero-order chi connectivity index (χ0) is 18.9. The molecule has 2 aliphatic rings. The highest BCUT2D eigenvalue weighted by Crippen LogP contribution is 2.28. The third-order valence-corrected chi connectivity index (χ3v) is 6.01. The topological polar surface area (TPSA) is 75.6 Å². The highest BCUT2D eigenvalue weighted by atomic mass is 16.5. The zero-order valence-corrected chi connectivity index (χ0v) is 16.4. The van der Waals surface area contributed by atoms with E-state index >= 15 is 0 Å². The number of aromatic nitrogens is 5. The van der Waals surface area contributed by atoms with Crippen LogP contribution in [0.25, 0.3) is 5.65 Å². The summed E-state index contributed by atoms with van der Waals surface area (Å²) in [5.74, 6) is 3.45. The van der Waals surface area contributed by atoms with Crippen LogP contribution in [0.2, 0.25) is 0 Å². The van der Waals surface area contributed by atoms with Crippen LogP contribution in [0.1, 0.15) is 48.9 Å². The van der Waals surface area contributed by atoms with Gasteiger partial charge in [-0.1, -0.05) is 5.16 Å². The molecule has 0 aromatic carbocycles. The van der Waals surface area contributed by atoms with Gasteiger partial charge in [-0.05, 0) is 57.8 Å². The Balaban J connectivity index is 1.24. The van der Waals surface area contributed by atoms with Gasteiger partial charge in [-0.3, -0.25) is 0 Å². The van der Waals surface area contributed by atoms with Gasteiger partial charge in [-0.2, -0.15) is 4.52 Å². The molecule has 0 unspecified atom stereocenters. The minimum absolute atomic E-state index is 0.417. The molecule has 28 heavy (non-hydrogen) atoms. The Morgan fingerprint density at radius 1 is 1.07 bits per heavy atom. The molecule has 0 amide bonds. The molecule has 148 valence electrons. The first kappa shape index (κ1) is 17.6. The predicted octanol–water partition coefficient (Wildman–Crippen LogP) is 2.44. The second kappa shape index (κ2) is 7.50. The molecule has 0 atom stereocenters. The SMILES string of the molecule is Cc1cc(CCN2CCC(c3nnc4ccc(N5CCCC5)nn34)CC2)on1. The highest BCUT2D eigenvalue weighted by Gasteiger charge is 2.25. The molecule has 8 nitrogen and oxygen atoms in total. The molecule has 0 N–H and O–H groups in total. The Hall–Kier alpha value is -2.48. The minimum atomic E-state index is 0.417. The third kappa shape index (κ3) is 3.48. The molecular weight excluding hydrogens is 354 g/mol. The fraction of sp³-hybridized carbons (Fsp3) is 0.600. The van der Waals surface area contributed by atoms with Crippen molar-refractivity contribution in [3.05, 3.63) is 35.5 Å². The van der Waals surface area contributed by atoms with Crippen LogP contribution in [0.5, 0.6) is 0 Å². The molecule has 3 aromatic heterocycles. The average molecular weight is 381 g/mol. The van der Waals surface area contributed by atoms with Crippen molar-refractivity contribution in [2.45, 2.75) is 44.9 Å². The van der Waals surface area contributed by atoms with Crippen LogP contribution in [-0.2, 0) is 6.42 Å². The van der Waals surface area contributed by atoms with Gasteiger partial charge in [-0.25, -0.2) is 0 Å². The molecule has 0 spiro atoms. The Bertz CT molecular complexity index is 935.